The molecule has 1 aliphatic carbocycles. The summed E-state index contributed by atoms with van der Waals surface area (Å²) in [5.74, 6) is -0.506. The molecule has 0 radical (unpaired) electrons. The highest BCUT2D eigenvalue weighted by Crippen LogP contribution is 2.18. The third-order valence-corrected chi connectivity index (χ3v) is 4.48. The molecule has 1 aromatic rings. The molecule has 1 heterocycles. The largest absolute Gasteiger partial charge is 0.338 e. The molecule has 4 N–H and O–H groups in total. The van der Waals surface area contributed by atoms with E-state index in [-0.39, 0.29) is 6.03 Å². The first-order valence-corrected chi connectivity index (χ1v) is 7.58. The van der Waals surface area contributed by atoms with Crippen LogP contribution in [0.2, 0.25) is 0 Å². The first-order chi connectivity index (χ1) is 9.69. The molecule has 0 aliphatic heterocycles. The third kappa shape index (κ3) is 4.21. The van der Waals surface area contributed by atoms with Gasteiger partial charge in [0, 0.05) is 17.5 Å². The number of amides is 3. The van der Waals surface area contributed by atoms with Crippen molar-refractivity contribution in [3.63, 3.8) is 0 Å². The van der Waals surface area contributed by atoms with Crippen LogP contribution in [-0.4, -0.2) is 29.7 Å². The first kappa shape index (κ1) is 14.8. The molecular formula is C13H19N3O3S. The fourth-order valence-corrected chi connectivity index (χ4v) is 3.19. The topological polar surface area (TPSA) is 90.5 Å². The van der Waals surface area contributed by atoms with Crippen LogP contribution in [0, 0.1) is 0 Å². The fraction of sp³-hybridized carbons (Fsp3) is 0.538. The number of urea groups is 1. The molecule has 20 heavy (non-hydrogen) atoms. The molecule has 0 unspecified atom stereocenters. The molecule has 0 spiro atoms. The second-order valence-electron chi connectivity index (χ2n) is 4.84. The van der Waals surface area contributed by atoms with Crippen molar-refractivity contribution in [2.45, 2.75) is 38.1 Å². The van der Waals surface area contributed by atoms with E-state index in [9.17, 15) is 9.59 Å². The summed E-state index contributed by atoms with van der Waals surface area (Å²) in [4.78, 5) is 24.3. The molecule has 1 aromatic heterocycles. The van der Waals surface area contributed by atoms with Crippen LogP contribution in [0.3, 0.4) is 0 Å². The van der Waals surface area contributed by atoms with Gasteiger partial charge >= 0.3 is 6.03 Å². The number of hydroxylamine groups is 1. The lowest BCUT2D eigenvalue weighted by molar-refractivity contribution is 0.0711. The van der Waals surface area contributed by atoms with E-state index < -0.39 is 5.91 Å². The number of thiophene rings is 1. The van der Waals surface area contributed by atoms with E-state index in [0.717, 1.165) is 17.7 Å². The lowest BCUT2D eigenvalue weighted by Crippen LogP contribution is -2.41. The van der Waals surface area contributed by atoms with Crippen LogP contribution in [0.25, 0.3) is 0 Å². The SMILES string of the molecule is O=C(NCCc1ccc(C(=O)NO)s1)NC1CCCC1. The van der Waals surface area contributed by atoms with Crippen LogP contribution in [0.4, 0.5) is 4.79 Å². The first-order valence-electron chi connectivity index (χ1n) is 6.76. The van der Waals surface area contributed by atoms with Crippen molar-refractivity contribution in [1.82, 2.24) is 16.1 Å². The molecule has 7 heteroatoms. The average Bonchev–Trinajstić information content (AvgIpc) is 3.09. The normalized spacial score (nSPS) is 15.1. The van der Waals surface area contributed by atoms with Gasteiger partial charge in [-0.1, -0.05) is 12.8 Å². The van der Waals surface area contributed by atoms with Gasteiger partial charge in [-0.2, -0.15) is 0 Å². The van der Waals surface area contributed by atoms with E-state index in [1.54, 1.807) is 11.5 Å². The van der Waals surface area contributed by atoms with Crippen molar-refractivity contribution in [1.29, 1.82) is 0 Å². The van der Waals surface area contributed by atoms with E-state index >= 15 is 0 Å². The number of nitrogens with one attached hydrogen (secondary N) is 3. The maximum Gasteiger partial charge on any atom is 0.315 e. The van der Waals surface area contributed by atoms with E-state index in [4.69, 9.17) is 5.21 Å². The van der Waals surface area contributed by atoms with Gasteiger partial charge in [-0.25, -0.2) is 10.3 Å². The number of hydrogen-bond donors (Lipinski definition) is 4. The Bertz CT molecular complexity index is 469. The Labute approximate surface area is 121 Å². The molecule has 3 amide bonds. The second-order valence-corrected chi connectivity index (χ2v) is 6.01. The minimum absolute atomic E-state index is 0.123. The van der Waals surface area contributed by atoms with Gasteiger partial charge in [0.1, 0.15) is 0 Å². The Morgan fingerprint density at radius 3 is 2.75 bits per heavy atom. The summed E-state index contributed by atoms with van der Waals surface area (Å²) in [5, 5.41) is 14.3. The van der Waals surface area contributed by atoms with Gasteiger partial charge in [-0.05, 0) is 31.4 Å². The van der Waals surface area contributed by atoms with Crippen LogP contribution in [0.1, 0.15) is 40.2 Å². The highest BCUT2D eigenvalue weighted by Gasteiger charge is 2.16. The van der Waals surface area contributed by atoms with Crippen LogP contribution >= 0.6 is 11.3 Å². The second kappa shape index (κ2) is 7.25. The molecule has 0 atom stereocenters. The van der Waals surface area contributed by atoms with Crippen molar-refractivity contribution in [3.05, 3.63) is 21.9 Å². The molecule has 2 rings (SSSR count). The fourth-order valence-electron chi connectivity index (χ4n) is 2.30. The van der Waals surface area contributed by atoms with E-state index in [1.165, 1.54) is 24.2 Å². The monoisotopic (exact) mass is 297 g/mol. The summed E-state index contributed by atoms with van der Waals surface area (Å²) in [6, 6.07) is 3.68. The summed E-state index contributed by atoms with van der Waals surface area (Å²) >= 11 is 1.31. The molecule has 6 nitrogen and oxygen atoms in total. The lowest BCUT2D eigenvalue weighted by Gasteiger charge is -2.12. The summed E-state index contributed by atoms with van der Waals surface area (Å²) in [6.07, 6.45) is 5.18. The van der Waals surface area contributed by atoms with E-state index in [0.29, 0.717) is 23.9 Å². The van der Waals surface area contributed by atoms with Crippen LogP contribution in [0.5, 0.6) is 0 Å². The minimum Gasteiger partial charge on any atom is -0.338 e. The predicted molar refractivity (Wildman–Crippen MR) is 76.1 cm³/mol. The van der Waals surface area contributed by atoms with Gasteiger partial charge in [-0.3, -0.25) is 10.0 Å². The van der Waals surface area contributed by atoms with Gasteiger partial charge in [-0.15, -0.1) is 11.3 Å². The van der Waals surface area contributed by atoms with Crippen molar-refractivity contribution in [2.75, 3.05) is 6.54 Å². The molecule has 0 aromatic carbocycles. The molecule has 1 fully saturated rings. The predicted octanol–water partition coefficient (Wildman–Crippen LogP) is 1.65. The highest BCUT2D eigenvalue weighted by atomic mass is 32.1. The molecular weight excluding hydrogens is 278 g/mol. The Morgan fingerprint density at radius 1 is 1.30 bits per heavy atom. The summed E-state index contributed by atoms with van der Waals surface area (Å²) in [5.41, 5.74) is 1.60. The third-order valence-electron chi connectivity index (χ3n) is 3.33. The van der Waals surface area contributed by atoms with Gasteiger partial charge in [0.25, 0.3) is 5.91 Å². The van der Waals surface area contributed by atoms with Crippen LogP contribution in [0.15, 0.2) is 12.1 Å². The van der Waals surface area contributed by atoms with Crippen molar-refractivity contribution in [3.8, 4) is 0 Å². The Morgan fingerprint density at radius 2 is 2.05 bits per heavy atom. The molecule has 1 saturated carbocycles. The van der Waals surface area contributed by atoms with Crippen LogP contribution in [-0.2, 0) is 6.42 Å². The number of rotatable bonds is 5. The zero-order valence-electron chi connectivity index (χ0n) is 11.1. The van der Waals surface area contributed by atoms with Gasteiger partial charge in [0.05, 0.1) is 4.88 Å². The zero-order chi connectivity index (χ0) is 14.4. The minimum atomic E-state index is -0.506. The number of hydrogen-bond acceptors (Lipinski definition) is 4. The average molecular weight is 297 g/mol. The van der Waals surface area contributed by atoms with Gasteiger partial charge in [0.15, 0.2) is 0 Å². The van der Waals surface area contributed by atoms with Gasteiger partial charge < -0.3 is 10.6 Å². The van der Waals surface area contributed by atoms with E-state index in [2.05, 4.69) is 10.6 Å². The molecule has 0 bridgehead atoms. The quantitative estimate of drug-likeness (QED) is 0.492. The summed E-state index contributed by atoms with van der Waals surface area (Å²) < 4.78 is 0. The number of carbonyl (C=O) groups is 2. The molecule has 110 valence electrons. The van der Waals surface area contributed by atoms with Crippen molar-refractivity contribution < 1.29 is 14.8 Å². The smallest absolute Gasteiger partial charge is 0.315 e. The molecule has 1 aliphatic rings. The highest BCUT2D eigenvalue weighted by molar-refractivity contribution is 7.14. The lowest BCUT2D eigenvalue weighted by atomic mass is 10.2. The maximum atomic E-state index is 11.6. The summed E-state index contributed by atoms with van der Waals surface area (Å²) in [7, 11) is 0. The van der Waals surface area contributed by atoms with Crippen molar-refractivity contribution in [2.24, 2.45) is 0 Å². The zero-order valence-corrected chi connectivity index (χ0v) is 12.0. The van der Waals surface area contributed by atoms with Gasteiger partial charge in [0.2, 0.25) is 0 Å². The maximum absolute atomic E-state index is 11.6. The summed E-state index contributed by atoms with van der Waals surface area (Å²) in [6.45, 7) is 0.527. The number of carbonyl (C=O) groups excluding carboxylic acids is 2. The standard InChI is InChI=1S/C13H19N3O3S/c17-12(16-19)11-6-5-10(20-11)7-8-14-13(18)15-9-3-1-2-4-9/h5-6,9,19H,1-4,7-8H2,(H,16,17)(H2,14,15,18). The Balaban J connectivity index is 1.68. The van der Waals surface area contributed by atoms with E-state index in [1.807, 2.05) is 6.07 Å². The molecule has 0 saturated heterocycles. The van der Waals surface area contributed by atoms with Crippen molar-refractivity contribution >= 4 is 23.3 Å². The van der Waals surface area contributed by atoms with Crippen LogP contribution < -0.4 is 16.1 Å². The Hall–Kier alpha value is -1.60. The Kier molecular flexibility index (Phi) is 5.37.